The lowest BCUT2D eigenvalue weighted by Crippen LogP contribution is -2.53. The molecule has 1 unspecified atom stereocenters. The Morgan fingerprint density at radius 2 is 1.58 bits per heavy atom. The van der Waals surface area contributed by atoms with Gasteiger partial charge in [-0.2, -0.15) is 31.8 Å². The van der Waals surface area contributed by atoms with Crippen LogP contribution in [0.1, 0.15) is 53.9 Å². The Morgan fingerprint density at radius 1 is 1.00 bits per heavy atom. The fourth-order valence-electron chi connectivity index (χ4n) is 4.67. The summed E-state index contributed by atoms with van der Waals surface area (Å²) in [4.78, 5) is 13.3. The van der Waals surface area contributed by atoms with Gasteiger partial charge in [-0.25, -0.2) is 8.49 Å². The number of carbonyl (C=O) groups is 1. The van der Waals surface area contributed by atoms with Gasteiger partial charge in [-0.1, -0.05) is 31.2 Å². The number of aliphatic hydroxyl groups is 2. The predicted octanol–water partition coefficient (Wildman–Crippen LogP) is 5.60. The predicted molar refractivity (Wildman–Crippen MR) is 154 cm³/mol. The maximum Gasteiger partial charge on any atom is 0.430 e. The molecule has 0 spiro atoms. The van der Waals surface area contributed by atoms with Crippen molar-refractivity contribution in [3.63, 3.8) is 0 Å². The Bertz CT molecular complexity index is 1640. The second-order valence-corrected chi connectivity index (χ2v) is 12.8. The molecule has 1 aliphatic heterocycles. The highest BCUT2D eigenvalue weighted by Crippen LogP contribution is 2.50. The van der Waals surface area contributed by atoms with E-state index in [9.17, 15) is 45.6 Å². The van der Waals surface area contributed by atoms with Crippen molar-refractivity contribution >= 4 is 27.3 Å². The molecule has 4 N–H and O–H groups in total. The smallest absolute Gasteiger partial charge is 0.430 e. The van der Waals surface area contributed by atoms with Gasteiger partial charge in [0.15, 0.2) is 0 Å². The van der Waals surface area contributed by atoms with E-state index in [0.29, 0.717) is 12.1 Å². The summed E-state index contributed by atoms with van der Waals surface area (Å²) in [6.07, 6.45) is -12.7. The van der Waals surface area contributed by atoms with Crippen LogP contribution in [0.4, 0.5) is 32.0 Å². The fraction of sp³-hybridized carbons (Fsp3) is 0.333. The lowest BCUT2D eigenvalue weighted by Gasteiger charge is -2.42. The molecule has 1 aliphatic rings. The first-order valence-corrected chi connectivity index (χ1v) is 15.1. The molecule has 3 aromatic carbocycles. The van der Waals surface area contributed by atoms with Gasteiger partial charge in [0.2, 0.25) is 0 Å². The molecular weight excluding hydrogens is 630 g/mol. The van der Waals surface area contributed by atoms with E-state index < -0.39 is 57.0 Å². The topological polar surface area (TPSA) is 117 Å². The van der Waals surface area contributed by atoms with Crippen molar-refractivity contribution in [2.45, 2.75) is 67.8 Å². The average Bonchev–Trinajstić information content (AvgIpc) is 2.96. The molecule has 1 amide bonds. The molecule has 1 heterocycles. The number of alkyl halides is 6. The maximum atomic E-state index is 13.3. The van der Waals surface area contributed by atoms with Crippen LogP contribution < -0.4 is 15.5 Å². The highest BCUT2D eigenvalue weighted by atomic mass is 32.2. The second-order valence-electron chi connectivity index (χ2n) is 10.9. The zero-order valence-electron chi connectivity index (χ0n) is 24.1. The number of hydroxylamine groups is 1. The molecule has 3 atom stereocenters. The summed E-state index contributed by atoms with van der Waals surface area (Å²) in [5.74, 6) is 3.09. The molecule has 0 fully saturated rings. The first-order chi connectivity index (χ1) is 20.7. The van der Waals surface area contributed by atoms with Crippen LogP contribution in [0, 0.1) is 0 Å². The number of ether oxygens (including phenoxy) is 1. The number of carbonyl (C=O) groups excluding carboxylic acids is 1. The lowest BCUT2D eigenvalue weighted by molar-refractivity contribution is -0.376. The number of aliphatic hydroxyl groups excluding tert-OH is 1. The third-order valence-corrected chi connectivity index (χ3v) is 8.75. The van der Waals surface area contributed by atoms with Gasteiger partial charge in [0.25, 0.3) is 11.5 Å². The molecule has 0 saturated heterocycles. The third-order valence-electron chi connectivity index (χ3n) is 7.39. The Hall–Kier alpha value is -3.63. The zero-order valence-corrected chi connectivity index (χ0v) is 24.9. The Labute approximate surface area is 255 Å². The van der Waals surface area contributed by atoms with Crippen LogP contribution >= 0.6 is 0 Å². The van der Waals surface area contributed by atoms with E-state index in [-0.39, 0.29) is 27.5 Å². The van der Waals surface area contributed by atoms with E-state index in [1.54, 1.807) is 38.1 Å². The van der Waals surface area contributed by atoms with E-state index in [4.69, 9.17) is 9.02 Å². The van der Waals surface area contributed by atoms with Crippen LogP contribution in [0.3, 0.4) is 0 Å². The van der Waals surface area contributed by atoms with E-state index in [2.05, 4.69) is 16.7 Å². The van der Waals surface area contributed by atoms with Gasteiger partial charge < -0.3 is 20.3 Å². The molecule has 0 bridgehead atoms. The minimum Gasteiger partial charge on any atom is -0.485 e. The van der Waals surface area contributed by atoms with E-state index >= 15 is 0 Å². The van der Waals surface area contributed by atoms with Gasteiger partial charge in [-0.15, -0.1) is 0 Å². The molecule has 0 aromatic heterocycles. The molecule has 0 saturated carbocycles. The lowest BCUT2D eigenvalue weighted by atomic mass is 9.86. The van der Waals surface area contributed by atoms with Crippen molar-refractivity contribution in [2.24, 2.45) is 0 Å². The summed E-state index contributed by atoms with van der Waals surface area (Å²) in [5.41, 5.74) is -4.14. The van der Waals surface area contributed by atoms with Crippen molar-refractivity contribution < 1.29 is 54.6 Å². The highest BCUT2D eigenvalue weighted by Gasteiger charge is 2.71. The summed E-state index contributed by atoms with van der Waals surface area (Å²) in [6, 6.07) is 12.1. The summed E-state index contributed by atoms with van der Waals surface area (Å²) >= 11 is 0. The zero-order chi connectivity index (χ0) is 33.6. The quantitative estimate of drug-likeness (QED) is 0.141. The molecule has 8 nitrogen and oxygen atoms in total. The summed E-state index contributed by atoms with van der Waals surface area (Å²) in [5, 5.41) is 23.0. The summed E-state index contributed by atoms with van der Waals surface area (Å²) in [7, 11) is -3.35. The van der Waals surface area contributed by atoms with Crippen LogP contribution in [0.15, 0.2) is 71.6 Å². The number of nitrogens with one attached hydrogen (secondary N) is 2. The molecule has 15 heteroatoms. The van der Waals surface area contributed by atoms with Crippen molar-refractivity contribution in [2.75, 3.05) is 5.32 Å². The van der Waals surface area contributed by atoms with E-state index in [1.807, 2.05) is 6.92 Å². The standard InChI is InChI=1S/C30H30F6N2O6S/c1-5-17-6-13-21(14-7-17)45(4,42)44-38-24-22-16-18(8-15-23(22)43-27(2,3)25(24)39)26(40)37-20-11-9-19(10-12-20)28(41,29(31,32)33)30(34,35)36/h6-16,24-25,38-39,41H,4-5H2,1-3H3,(H,37,40)/t24-,25+,45?/m1/s1. The monoisotopic (exact) mass is 660 g/mol. The Balaban J connectivity index is 1.58. The van der Waals surface area contributed by atoms with Crippen LogP contribution in [-0.4, -0.2) is 50.3 Å². The Morgan fingerprint density at radius 3 is 2.11 bits per heavy atom. The number of benzene rings is 3. The second kappa shape index (κ2) is 11.9. The van der Waals surface area contributed by atoms with Crippen LogP contribution in [0.2, 0.25) is 0 Å². The van der Waals surface area contributed by atoms with Gasteiger partial charge in [0.05, 0.1) is 10.9 Å². The molecule has 45 heavy (non-hydrogen) atoms. The number of hydrogen-bond acceptors (Lipinski definition) is 7. The van der Waals surface area contributed by atoms with Crippen molar-refractivity contribution in [1.29, 1.82) is 0 Å². The number of amides is 1. The normalized spacial score (nSPS) is 19.6. The van der Waals surface area contributed by atoms with Gasteiger partial charge in [0, 0.05) is 22.4 Å². The van der Waals surface area contributed by atoms with Gasteiger partial charge in [0.1, 0.15) is 27.3 Å². The summed E-state index contributed by atoms with van der Waals surface area (Å²) in [6.45, 7) is 5.16. The van der Waals surface area contributed by atoms with Crippen LogP contribution in [0.25, 0.3) is 0 Å². The van der Waals surface area contributed by atoms with Gasteiger partial charge >= 0.3 is 12.4 Å². The highest BCUT2D eigenvalue weighted by molar-refractivity contribution is 7.96. The van der Waals surface area contributed by atoms with E-state index in [0.717, 1.165) is 24.1 Å². The maximum absolute atomic E-state index is 13.3. The minimum absolute atomic E-state index is 0.0345. The number of aryl methyl sites for hydroxylation is 1. The van der Waals surface area contributed by atoms with Crippen molar-refractivity contribution in [3.05, 3.63) is 89.0 Å². The third kappa shape index (κ3) is 6.67. The largest absolute Gasteiger partial charge is 0.485 e. The summed E-state index contributed by atoms with van der Waals surface area (Å²) < 4.78 is 104. The molecular formula is C30H30F6N2O6S. The molecule has 244 valence electrons. The number of fused-ring (bicyclic) bond motifs is 1. The first kappa shape index (κ1) is 34.2. The number of hydrogen-bond donors (Lipinski definition) is 4. The molecule has 3 aromatic rings. The molecule has 0 radical (unpaired) electrons. The fourth-order valence-corrected chi connectivity index (χ4v) is 5.57. The minimum atomic E-state index is -6.06. The number of halogens is 6. The van der Waals surface area contributed by atoms with Crippen molar-refractivity contribution in [1.82, 2.24) is 5.48 Å². The molecule has 0 aliphatic carbocycles. The van der Waals surface area contributed by atoms with Crippen LogP contribution in [0.5, 0.6) is 5.75 Å². The van der Waals surface area contributed by atoms with Gasteiger partial charge in [-0.05, 0) is 74.2 Å². The number of rotatable bonds is 8. The first-order valence-electron chi connectivity index (χ1n) is 13.4. The van der Waals surface area contributed by atoms with Crippen molar-refractivity contribution in [3.8, 4) is 5.75 Å². The number of anilines is 1. The Kier molecular flexibility index (Phi) is 9.09. The van der Waals surface area contributed by atoms with E-state index in [1.165, 1.54) is 18.2 Å². The molecule has 4 rings (SSSR count). The SMILES string of the molecule is C=S(=O)(ON[C@@H]1c2cc(C(=O)Nc3ccc(C(O)(C(F)(F)F)C(F)(F)F)cc3)ccc2OC(C)(C)[C@H]1O)c1ccc(CC)cc1. The van der Waals surface area contributed by atoms with Gasteiger partial charge in [-0.3, -0.25) is 4.79 Å². The van der Waals surface area contributed by atoms with Crippen LogP contribution in [-0.2, 0) is 26.1 Å². The average molecular weight is 661 g/mol.